The Morgan fingerprint density at radius 2 is 2.15 bits per heavy atom. The van der Waals surface area contributed by atoms with Gasteiger partial charge in [0.2, 0.25) is 0 Å². The molecule has 0 saturated carbocycles. The van der Waals surface area contributed by atoms with Crippen LogP contribution in [-0.4, -0.2) is 28.2 Å². The molecule has 0 aliphatic carbocycles. The van der Waals surface area contributed by atoms with E-state index in [9.17, 15) is 4.79 Å². The molecule has 0 saturated heterocycles. The fraction of sp³-hybridized carbons (Fsp3) is 0.125. The molecule has 0 atom stereocenters. The second-order valence-electron chi connectivity index (χ2n) is 2.16. The van der Waals surface area contributed by atoms with Gasteiger partial charge in [0.15, 0.2) is 0 Å². The smallest absolute Gasteiger partial charge is 0.341 e. The van der Waals surface area contributed by atoms with Crippen LogP contribution in [0.25, 0.3) is 5.57 Å². The molecule has 0 aromatic carbocycles. The summed E-state index contributed by atoms with van der Waals surface area (Å²) >= 11 is 0. The molecule has 0 amide bonds. The summed E-state index contributed by atoms with van der Waals surface area (Å²) in [6.45, 7) is 0. The quantitative estimate of drug-likeness (QED) is 0.408. The van der Waals surface area contributed by atoms with Crippen LogP contribution >= 0.6 is 0 Å². The number of aliphatic hydroxyl groups is 1. The van der Waals surface area contributed by atoms with E-state index < -0.39 is 5.97 Å². The van der Waals surface area contributed by atoms with Gasteiger partial charge in [-0.15, -0.1) is 0 Å². The maximum absolute atomic E-state index is 11.0. The van der Waals surface area contributed by atoms with Gasteiger partial charge in [-0.3, -0.25) is 0 Å². The van der Waals surface area contributed by atoms with Gasteiger partial charge in [0.1, 0.15) is 11.9 Å². The number of hydrogen-bond acceptors (Lipinski definition) is 5. The van der Waals surface area contributed by atoms with E-state index in [1.807, 2.05) is 0 Å². The molecule has 0 spiro atoms. The Hall–Kier alpha value is -1.91. The molecule has 0 bridgehead atoms. The van der Waals surface area contributed by atoms with Gasteiger partial charge < -0.3 is 9.84 Å². The van der Waals surface area contributed by atoms with E-state index in [1.165, 1.54) is 25.8 Å². The molecule has 0 aliphatic heterocycles. The summed E-state index contributed by atoms with van der Waals surface area (Å²) < 4.78 is 4.43. The molecule has 0 aliphatic rings. The van der Waals surface area contributed by atoms with Crippen LogP contribution in [0, 0.1) is 0 Å². The molecule has 1 aromatic heterocycles. The molecule has 0 radical (unpaired) electrons. The standard InChI is InChI=1S/C8H8N2O3/c1-13-8(12)7(4-11)6-2-9-5-10-3-6/h2-5,11H,1H3/b7-4+. The van der Waals surface area contributed by atoms with Crippen LogP contribution in [0.4, 0.5) is 0 Å². The molecule has 0 fully saturated rings. The monoisotopic (exact) mass is 180 g/mol. The first kappa shape index (κ1) is 9.18. The number of esters is 1. The first-order valence-corrected chi connectivity index (χ1v) is 3.47. The van der Waals surface area contributed by atoms with Crippen LogP contribution < -0.4 is 0 Å². The summed E-state index contributed by atoms with van der Waals surface area (Å²) in [5, 5.41) is 8.76. The van der Waals surface area contributed by atoms with Crippen molar-refractivity contribution in [3.63, 3.8) is 0 Å². The zero-order valence-electron chi connectivity index (χ0n) is 6.97. The predicted molar refractivity (Wildman–Crippen MR) is 44.7 cm³/mol. The van der Waals surface area contributed by atoms with Crippen LogP contribution in [0.3, 0.4) is 0 Å². The zero-order chi connectivity index (χ0) is 9.68. The minimum absolute atomic E-state index is 0.0306. The van der Waals surface area contributed by atoms with E-state index in [2.05, 4.69) is 14.7 Å². The Morgan fingerprint density at radius 3 is 2.62 bits per heavy atom. The van der Waals surface area contributed by atoms with E-state index in [4.69, 9.17) is 5.11 Å². The Bertz CT molecular complexity index is 321. The first-order valence-electron chi connectivity index (χ1n) is 3.47. The number of rotatable bonds is 2. The molecule has 1 N–H and O–H groups in total. The number of aliphatic hydroxyl groups excluding tert-OH is 1. The summed E-state index contributed by atoms with van der Waals surface area (Å²) in [6.07, 6.45) is 4.82. The maximum Gasteiger partial charge on any atom is 0.341 e. The van der Waals surface area contributed by atoms with Gasteiger partial charge in [-0.05, 0) is 0 Å². The SMILES string of the molecule is COC(=O)/C(=C/O)c1cncnc1. The third-order valence-electron chi connectivity index (χ3n) is 1.41. The molecule has 1 heterocycles. The van der Waals surface area contributed by atoms with Crippen LogP contribution in [0.15, 0.2) is 25.0 Å². The highest BCUT2D eigenvalue weighted by molar-refractivity contribution is 6.15. The number of hydrogen-bond donors (Lipinski definition) is 1. The van der Waals surface area contributed by atoms with Crippen molar-refractivity contribution in [2.75, 3.05) is 7.11 Å². The van der Waals surface area contributed by atoms with Crippen molar-refractivity contribution in [3.05, 3.63) is 30.5 Å². The molecule has 1 aromatic rings. The highest BCUT2D eigenvalue weighted by Crippen LogP contribution is 2.11. The summed E-state index contributed by atoms with van der Waals surface area (Å²) in [6, 6.07) is 0. The Morgan fingerprint density at radius 1 is 1.54 bits per heavy atom. The van der Waals surface area contributed by atoms with E-state index in [0.29, 0.717) is 11.8 Å². The van der Waals surface area contributed by atoms with E-state index >= 15 is 0 Å². The molecule has 13 heavy (non-hydrogen) atoms. The lowest BCUT2D eigenvalue weighted by Crippen LogP contribution is -2.04. The largest absolute Gasteiger partial charge is 0.515 e. The Labute approximate surface area is 74.7 Å². The number of carbonyl (C=O) groups is 1. The number of ether oxygens (including phenoxy) is 1. The Kier molecular flexibility index (Phi) is 2.97. The molecule has 0 unspecified atom stereocenters. The highest BCUT2D eigenvalue weighted by atomic mass is 16.5. The molecule has 5 nitrogen and oxygen atoms in total. The minimum Gasteiger partial charge on any atom is -0.515 e. The normalized spacial score (nSPS) is 11.0. The van der Waals surface area contributed by atoms with Crippen molar-refractivity contribution >= 4 is 11.5 Å². The molecular formula is C8H8N2O3. The molecule has 1 rings (SSSR count). The number of methoxy groups -OCH3 is 1. The zero-order valence-corrected chi connectivity index (χ0v) is 6.97. The second kappa shape index (κ2) is 4.20. The second-order valence-corrected chi connectivity index (χ2v) is 2.16. The minimum atomic E-state index is -0.627. The summed E-state index contributed by atoms with van der Waals surface area (Å²) in [5.74, 6) is -0.627. The van der Waals surface area contributed by atoms with Crippen LogP contribution in [0.1, 0.15) is 5.56 Å². The topological polar surface area (TPSA) is 72.3 Å². The summed E-state index contributed by atoms with van der Waals surface area (Å²) in [4.78, 5) is 18.4. The molecular weight excluding hydrogens is 172 g/mol. The average molecular weight is 180 g/mol. The third kappa shape index (κ3) is 2.02. The van der Waals surface area contributed by atoms with Crippen LogP contribution in [0.5, 0.6) is 0 Å². The van der Waals surface area contributed by atoms with E-state index in [-0.39, 0.29) is 5.57 Å². The lowest BCUT2D eigenvalue weighted by atomic mass is 10.1. The lowest BCUT2D eigenvalue weighted by molar-refractivity contribution is -0.133. The third-order valence-corrected chi connectivity index (χ3v) is 1.41. The summed E-state index contributed by atoms with van der Waals surface area (Å²) in [7, 11) is 1.23. The van der Waals surface area contributed by atoms with Crippen molar-refractivity contribution in [1.29, 1.82) is 0 Å². The van der Waals surface area contributed by atoms with Crippen LogP contribution in [-0.2, 0) is 9.53 Å². The first-order chi connectivity index (χ1) is 6.29. The van der Waals surface area contributed by atoms with Gasteiger partial charge in [0, 0.05) is 18.0 Å². The van der Waals surface area contributed by atoms with Crippen molar-refractivity contribution in [1.82, 2.24) is 9.97 Å². The van der Waals surface area contributed by atoms with Gasteiger partial charge >= 0.3 is 5.97 Å². The lowest BCUT2D eigenvalue weighted by Gasteiger charge is -2.01. The van der Waals surface area contributed by atoms with Gasteiger partial charge in [0.05, 0.1) is 13.4 Å². The number of carbonyl (C=O) groups excluding carboxylic acids is 1. The predicted octanol–water partition coefficient (Wildman–Crippen LogP) is 0.548. The van der Waals surface area contributed by atoms with Gasteiger partial charge in [-0.25, -0.2) is 14.8 Å². The number of nitrogens with zero attached hydrogens (tertiary/aromatic N) is 2. The average Bonchev–Trinajstić information content (AvgIpc) is 2.20. The van der Waals surface area contributed by atoms with Crippen molar-refractivity contribution in [2.24, 2.45) is 0 Å². The maximum atomic E-state index is 11.0. The fourth-order valence-electron chi connectivity index (χ4n) is 0.793. The number of aromatic nitrogens is 2. The van der Waals surface area contributed by atoms with Gasteiger partial charge in [0.25, 0.3) is 0 Å². The Balaban J connectivity index is 3.00. The fourth-order valence-corrected chi connectivity index (χ4v) is 0.793. The highest BCUT2D eigenvalue weighted by Gasteiger charge is 2.12. The summed E-state index contributed by atoms with van der Waals surface area (Å²) in [5.41, 5.74) is 0.444. The molecule has 68 valence electrons. The molecule has 5 heteroatoms. The van der Waals surface area contributed by atoms with Crippen molar-refractivity contribution in [3.8, 4) is 0 Å². The van der Waals surface area contributed by atoms with Crippen molar-refractivity contribution in [2.45, 2.75) is 0 Å². The van der Waals surface area contributed by atoms with Gasteiger partial charge in [-0.1, -0.05) is 0 Å². The van der Waals surface area contributed by atoms with Gasteiger partial charge in [-0.2, -0.15) is 0 Å². The van der Waals surface area contributed by atoms with E-state index in [1.54, 1.807) is 0 Å². The van der Waals surface area contributed by atoms with Crippen molar-refractivity contribution < 1.29 is 14.6 Å². The van der Waals surface area contributed by atoms with Crippen LogP contribution in [0.2, 0.25) is 0 Å². The van der Waals surface area contributed by atoms with E-state index in [0.717, 1.165) is 0 Å².